The lowest BCUT2D eigenvalue weighted by atomic mass is 10.2. The number of halogens is 1. The fourth-order valence-electron chi connectivity index (χ4n) is 2.84. The summed E-state index contributed by atoms with van der Waals surface area (Å²) >= 11 is 6.22. The van der Waals surface area contributed by atoms with Crippen LogP contribution in [0.4, 0.5) is 0 Å². The van der Waals surface area contributed by atoms with E-state index in [9.17, 15) is 4.79 Å². The number of piperazine rings is 1. The van der Waals surface area contributed by atoms with E-state index in [-0.39, 0.29) is 5.91 Å². The third kappa shape index (κ3) is 4.70. The Morgan fingerprint density at radius 3 is 2.27 bits per heavy atom. The highest BCUT2D eigenvalue weighted by Crippen LogP contribution is 2.17. The molecule has 0 aromatic heterocycles. The fraction of sp³-hybridized carbons (Fsp3) is 0.588. The van der Waals surface area contributed by atoms with Crippen LogP contribution in [0.25, 0.3) is 0 Å². The summed E-state index contributed by atoms with van der Waals surface area (Å²) in [6, 6.07) is 8.01. The van der Waals surface area contributed by atoms with Crippen molar-refractivity contribution in [2.75, 3.05) is 45.8 Å². The molecule has 1 aromatic rings. The van der Waals surface area contributed by atoms with E-state index in [0.717, 1.165) is 50.8 Å². The minimum Gasteiger partial charge on any atom is -0.342 e. The predicted octanol–water partition coefficient (Wildman–Crippen LogP) is 2.33. The van der Waals surface area contributed by atoms with Gasteiger partial charge < -0.3 is 4.90 Å². The lowest BCUT2D eigenvalue weighted by Gasteiger charge is -2.35. The van der Waals surface area contributed by atoms with Crippen molar-refractivity contribution in [3.8, 4) is 0 Å². The molecule has 0 atom stereocenters. The van der Waals surface area contributed by atoms with Crippen molar-refractivity contribution >= 4 is 17.5 Å². The van der Waals surface area contributed by atoms with Gasteiger partial charge in [0.2, 0.25) is 5.91 Å². The van der Waals surface area contributed by atoms with Gasteiger partial charge >= 0.3 is 0 Å². The molecule has 1 aliphatic rings. The van der Waals surface area contributed by atoms with Crippen LogP contribution in [0.1, 0.15) is 19.4 Å². The second-order valence-electron chi connectivity index (χ2n) is 5.71. The smallest absolute Gasteiger partial charge is 0.236 e. The Balaban J connectivity index is 1.78. The van der Waals surface area contributed by atoms with Gasteiger partial charge in [-0.05, 0) is 25.5 Å². The second kappa shape index (κ2) is 8.51. The highest BCUT2D eigenvalue weighted by molar-refractivity contribution is 6.31. The summed E-state index contributed by atoms with van der Waals surface area (Å²) in [5.41, 5.74) is 1.18. The molecule has 0 radical (unpaired) electrons. The summed E-state index contributed by atoms with van der Waals surface area (Å²) in [4.78, 5) is 18.7. The largest absolute Gasteiger partial charge is 0.342 e. The van der Waals surface area contributed by atoms with Crippen molar-refractivity contribution in [1.82, 2.24) is 14.7 Å². The Bertz CT molecular complexity index is 483. The molecule has 4 nitrogen and oxygen atoms in total. The number of nitrogens with zero attached hydrogens (tertiary/aromatic N) is 3. The molecule has 0 spiro atoms. The SMILES string of the molecule is CCN(CC)C(=O)CN1CCN(Cc2ccccc2Cl)CC1. The van der Waals surface area contributed by atoms with Gasteiger partial charge in [0.25, 0.3) is 0 Å². The zero-order valence-corrected chi connectivity index (χ0v) is 14.4. The highest BCUT2D eigenvalue weighted by atomic mass is 35.5. The minimum atomic E-state index is 0.240. The van der Waals surface area contributed by atoms with Gasteiger partial charge in [0.05, 0.1) is 6.54 Å². The average molecular weight is 324 g/mol. The van der Waals surface area contributed by atoms with E-state index < -0.39 is 0 Å². The van der Waals surface area contributed by atoms with Gasteiger partial charge in [-0.1, -0.05) is 29.8 Å². The molecule has 5 heteroatoms. The standard InChI is InChI=1S/C17H26ClN3O/c1-3-21(4-2)17(22)14-20-11-9-19(10-12-20)13-15-7-5-6-8-16(15)18/h5-8H,3-4,9-14H2,1-2H3. The first-order valence-electron chi connectivity index (χ1n) is 8.10. The van der Waals surface area contributed by atoms with Gasteiger partial charge in [0, 0.05) is 50.8 Å². The van der Waals surface area contributed by atoms with E-state index in [1.165, 1.54) is 5.56 Å². The number of likely N-dealkylation sites (N-methyl/N-ethyl adjacent to an activating group) is 1. The van der Waals surface area contributed by atoms with Crippen LogP contribution in [0.5, 0.6) is 0 Å². The van der Waals surface area contributed by atoms with Crippen LogP contribution in [-0.2, 0) is 11.3 Å². The monoisotopic (exact) mass is 323 g/mol. The van der Waals surface area contributed by atoms with Crippen molar-refractivity contribution in [2.24, 2.45) is 0 Å². The van der Waals surface area contributed by atoms with Crippen molar-refractivity contribution in [2.45, 2.75) is 20.4 Å². The number of hydrogen-bond acceptors (Lipinski definition) is 3. The number of carbonyl (C=O) groups is 1. The molecule has 1 saturated heterocycles. The van der Waals surface area contributed by atoms with Gasteiger partial charge in [-0.25, -0.2) is 0 Å². The zero-order valence-electron chi connectivity index (χ0n) is 13.6. The number of amides is 1. The zero-order chi connectivity index (χ0) is 15.9. The molecule has 2 rings (SSSR count). The Labute approximate surface area is 138 Å². The minimum absolute atomic E-state index is 0.240. The topological polar surface area (TPSA) is 26.8 Å². The van der Waals surface area contributed by atoms with Gasteiger partial charge in [-0.3, -0.25) is 14.6 Å². The molecular weight excluding hydrogens is 298 g/mol. The van der Waals surface area contributed by atoms with Crippen LogP contribution in [0.3, 0.4) is 0 Å². The van der Waals surface area contributed by atoms with Gasteiger partial charge in [0.1, 0.15) is 0 Å². The van der Waals surface area contributed by atoms with Crippen LogP contribution in [-0.4, -0.2) is 66.4 Å². The Morgan fingerprint density at radius 2 is 1.68 bits per heavy atom. The number of rotatable bonds is 6. The third-order valence-corrected chi connectivity index (χ3v) is 4.66. The fourth-order valence-corrected chi connectivity index (χ4v) is 3.04. The molecule has 1 aliphatic heterocycles. The lowest BCUT2D eigenvalue weighted by molar-refractivity contribution is -0.132. The van der Waals surface area contributed by atoms with E-state index in [1.54, 1.807) is 0 Å². The maximum Gasteiger partial charge on any atom is 0.236 e. The van der Waals surface area contributed by atoms with Crippen molar-refractivity contribution in [3.63, 3.8) is 0 Å². The molecule has 0 saturated carbocycles. The molecule has 1 amide bonds. The van der Waals surface area contributed by atoms with Crippen LogP contribution in [0, 0.1) is 0 Å². The van der Waals surface area contributed by atoms with Crippen molar-refractivity contribution in [3.05, 3.63) is 34.9 Å². The Morgan fingerprint density at radius 1 is 1.09 bits per heavy atom. The molecule has 1 aromatic carbocycles. The molecule has 1 heterocycles. The van der Waals surface area contributed by atoms with Gasteiger partial charge in [-0.2, -0.15) is 0 Å². The molecule has 0 aliphatic carbocycles. The average Bonchev–Trinajstić information content (AvgIpc) is 2.52. The van der Waals surface area contributed by atoms with E-state index in [0.29, 0.717) is 6.54 Å². The Kier molecular flexibility index (Phi) is 6.68. The molecule has 22 heavy (non-hydrogen) atoms. The maximum absolute atomic E-state index is 12.1. The first-order valence-corrected chi connectivity index (χ1v) is 8.47. The molecule has 1 fully saturated rings. The van der Waals surface area contributed by atoms with Crippen LogP contribution < -0.4 is 0 Å². The molecule has 122 valence electrons. The van der Waals surface area contributed by atoms with E-state index >= 15 is 0 Å². The summed E-state index contributed by atoms with van der Waals surface area (Å²) < 4.78 is 0. The van der Waals surface area contributed by atoms with Crippen molar-refractivity contribution in [1.29, 1.82) is 0 Å². The summed E-state index contributed by atoms with van der Waals surface area (Å²) in [6.45, 7) is 10.9. The van der Waals surface area contributed by atoms with Crippen molar-refractivity contribution < 1.29 is 4.79 Å². The van der Waals surface area contributed by atoms with Crippen LogP contribution in [0.2, 0.25) is 5.02 Å². The number of carbonyl (C=O) groups excluding carboxylic acids is 1. The second-order valence-corrected chi connectivity index (χ2v) is 6.12. The molecule has 0 unspecified atom stereocenters. The molecule has 0 N–H and O–H groups in total. The third-order valence-electron chi connectivity index (χ3n) is 4.29. The van der Waals surface area contributed by atoms with E-state index in [4.69, 9.17) is 11.6 Å². The maximum atomic E-state index is 12.1. The normalized spacial score (nSPS) is 16.7. The summed E-state index contributed by atoms with van der Waals surface area (Å²) in [5.74, 6) is 0.240. The van der Waals surface area contributed by atoms with Gasteiger partial charge in [-0.15, -0.1) is 0 Å². The quantitative estimate of drug-likeness (QED) is 0.804. The first-order chi connectivity index (χ1) is 10.6. The van der Waals surface area contributed by atoms with Crippen LogP contribution >= 0.6 is 11.6 Å². The predicted molar refractivity (Wildman–Crippen MR) is 91.1 cm³/mol. The number of hydrogen-bond donors (Lipinski definition) is 0. The summed E-state index contributed by atoms with van der Waals surface area (Å²) in [7, 11) is 0. The molecule has 0 bridgehead atoms. The number of benzene rings is 1. The van der Waals surface area contributed by atoms with Crippen LogP contribution in [0.15, 0.2) is 24.3 Å². The Hall–Kier alpha value is -1.10. The highest BCUT2D eigenvalue weighted by Gasteiger charge is 2.21. The first kappa shape index (κ1) is 17.3. The van der Waals surface area contributed by atoms with E-state index in [1.807, 2.05) is 36.9 Å². The van der Waals surface area contributed by atoms with Gasteiger partial charge in [0.15, 0.2) is 0 Å². The molecular formula is C17H26ClN3O. The lowest BCUT2D eigenvalue weighted by Crippen LogP contribution is -2.49. The summed E-state index contributed by atoms with van der Waals surface area (Å²) in [6.07, 6.45) is 0. The van der Waals surface area contributed by atoms with E-state index in [2.05, 4.69) is 15.9 Å². The summed E-state index contributed by atoms with van der Waals surface area (Å²) in [5, 5.41) is 0.835.